The number of hydrogen-bond acceptors (Lipinski definition) is 2. The van der Waals surface area contributed by atoms with Crippen LogP contribution in [0.4, 0.5) is 0 Å². The van der Waals surface area contributed by atoms with E-state index in [2.05, 4.69) is 0 Å². The van der Waals surface area contributed by atoms with Gasteiger partial charge in [-0.05, 0) is 36.8 Å². The maximum absolute atomic E-state index is 12.9. The summed E-state index contributed by atoms with van der Waals surface area (Å²) in [7, 11) is 0. The Balaban J connectivity index is 2.02. The lowest BCUT2D eigenvalue weighted by molar-refractivity contribution is -0.132. The summed E-state index contributed by atoms with van der Waals surface area (Å²) in [6.07, 6.45) is 7.29. The van der Waals surface area contributed by atoms with Crippen molar-refractivity contribution in [3.05, 3.63) is 88.6 Å². The molecule has 0 spiro atoms. The molecule has 5 heteroatoms. The summed E-state index contributed by atoms with van der Waals surface area (Å²) in [6.45, 7) is 1.80. The van der Waals surface area contributed by atoms with Crippen LogP contribution in [-0.2, 0) is 4.79 Å². The maximum Gasteiger partial charge on any atom is 0.331 e. The topological polar surface area (TPSA) is 59.3 Å². The fourth-order valence-electron chi connectivity index (χ4n) is 2.85. The third-order valence-electron chi connectivity index (χ3n) is 4.28. The Morgan fingerprint density at radius 2 is 1.81 bits per heavy atom. The minimum atomic E-state index is -0.928. The first-order chi connectivity index (χ1) is 13.0. The predicted octanol–water partition coefficient (Wildman–Crippen LogP) is 5.42. The molecule has 0 bridgehead atoms. The second-order valence-electron chi connectivity index (χ2n) is 5.99. The highest BCUT2D eigenvalue weighted by Gasteiger charge is 2.14. The number of carboxylic acids is 1. The summed E-state index contributed by atoms with van der Waals surface area (Å²) in [5, 5.41) is 10.6. The Kier molecular flexibility index (Phi) is 5.57. The second kappa shape index (κ2) is 8.06. The monoisotopic (exact) mass is 379 g/mol. The number of aromatic nitrogens is 1. The lowest BCUT2D eigenvalue weighted by atomic mass is 10.1. The number of fused-ring (bicyclic) bond motifs is 1. The summed E-state index contributed by atoms with van der Waals surface area (Å²) in [6, 6.07) is 14.3. The molecule has 0 aliphatic heterocycles. The van der Waals surface area contributed by atoms with Crippen LogP contribution < -0.4 is 0 Å². The van der Waals surface area contributed by atoms with Crippen molar-refractivity contribution in [2.75, 3.05) is 0 Å². The molecule has 4 nitrogen and oxygen atoms in total. The highest BCUT2D eigenvalue weighted by molar-refractivity contribution is 6.30. The van der Waals surface area contributed by atoms with Gasteiger partial charge in [0, 0.05) is 33.3 Å². The van der Waals surface area contributed by atoms with Crippen molar-refractivity contribution in [2.24, 2.45) is 0 Å². The summed E-state index contributed by atoms with van der Waals surface area (Å²) >= 11 is 5.90. The van der Waals surface area contributed by atoms with Crippen molar-refractivity contribution in [3.8, 4) is 0 Å². The van der Waals surface area contributed by atoms with Crippen LogP contribution in [0.5, 0.6) is 0 Å². The van der Waals surface area contributed by atoms with E-state index in [0.29, 0.717) is 22.6 Å². The number of benzene rings is 2. The lowest BCUT2D eigenvalue weighted by Crippen LogP contribution is -2.10. The lowest BCUT2D eigenvalue weighted by Gasteiger charge is -2.04. The Hall–Kier alpha value is -3.11. The number of allylic oxidation sites excluding steroid dienone is 2. The van der Waals surface area contributed by atoms with Gasteiger partial charge < -0.3 is 5.11 Å². The summed E-state index contributed by atoms with van der Waals surface area (Å²) in [4.78, 5) is 24.0. The Labute approximate surface area is 162 Å². The molecule has 3 aromatic rings. The number of carbonyl (C=O) groups excluding carboxylic acids is 1. The second-order valence-corrected chi connectivity index (χ2v) is 6.43. The van der Waals surface area contributed by atoms with Crippen molar-refractivity contribution < 1.29 is 14.7 Å². The number of hydrogen-bond donors (Lipinski definition) is 1. The minimum Gasteiger partial charge on any atom is -0.478 e. The van der Waals surface area contributed by atoms with Crippen LogP contribution in [0.25, 0.3) is 17.0 Å². The van der Waals surface area contributed by atoms with Gasteiger partial charge >= 0.3 is 5.97 Å². The molecule has 0 saturated carbocycles. The Morgan fingerprint density at radius 1 is 1.11 bits per heavy atom. The molecule has 1 N–H and O–H groups in total. The van der Waals surface area contributed by atoms with Gasteiger partial charge in [0.25, 0.3) is 5.91 Å². The van der Waals surface area contributed by atoms with Crippen LogP contribution in [0.15, 0.2) is 72.5 Å². The van der Waals surface area contributed by atoms with Crippen molar-refractivity contribution in [1.82, 2.24) is 4.57 Å². The molecule has 1 heterocycles. The number of nitrogens with zero attached hydrogens (tertiary/aromatic N) is 1. The van der Waals surface area contributed by atoms with Gasteiger partial charge in [-0.1, -0.05) is 55.0 Å². The van der Waals surface area contributed by atoms with E-state index in [4.69, 9.17) is 16.7 Å². The minimum absolute atomic E-state index is 0.155. The number of halogens is 1. The van der Waals surface area contributed by atoms with Crippen molar-refractivity contribution in [1.29, 1.82) is 0 Å². The van der Waals surface area contributed by atoms with E-state index in [1.54, 1.807) is 54.1 Å². The number of rotatable bonds is 5. The zero-order valence-corrected chi connectivity index (χ0v) is 15.5. The number of aliphatic carboxylic acids is 1. The van der Waals surface area contributed by atoms with Gasteiger partial charge in [0.2, 0.25) is 0 Å². The van der Waals surface area contributed by atoms with Crippen molar-refractivity contribution in [3.63, 3.8) is 0 Å². The molecule has 27 heavy (non-hydrogen) atoms. The van der Waals surface area contributed by atoms with Gasteiger partial charge in [-0.2, -0.15) is 0 Å². The SMILES string of the molecule is CCC(=CC=Cc1cn(C(=O)c2ccc(Cl)cc2)c2ccccc12)C(=O)O. The molecule has 0 aliphatic rings. The molecule has 3 rings (SSSR count). The van der Waals surface area contributed by atoms with Gasteiger partial charge in [0.05, 0.1) is 5.52 Å². The van der Waals surface area contributed by atoms with E-state index < -0.39 is 5.97 Å². The number of carbonyl (C=O) groups is 2. The molecule has 1 aromatic heterocycles. The van der Waals surface area contributed by atoms with Crippen LogP contribution in [0, 0.1) is 0 Å². The Bertz CT molecular complexity index is 1060. The number of carboxylic acid groups (broad SMARTS) is 1. The average molecular weight is 380 g/mol. The van der Waals surface area contributed by atoms with E-state index >= 15 is 0 Å². The highest BCUT2D eigenvalue weighted by Crippen LogP contribution is 2.24. The smallest absolute Gasteiger partial charge is 0.331 e. The summed E-state index contributed by atoms with van der Waals surface area (Å²) in [5.74, 6) is -1.08. The standard InChI is InChI=1S/C22H18ClNO3/c1-2-15(22(26)27)6-5-7-17-14-24(20-9-4-3-8-19(17)20)21(25)16-10-12-18(23)13-11-16/h3-14H,2H2,1H3,(H,26,27). The molecular weight excluding hydrogens is 362 g/mol. The van der Waals surface area contributed by atoms with Crippen molar-refractivity contribution >= 4 is 40.5 Å². The third-order valence-corrected chi connectivity index (χ3v) is 4.53. The first-order valence-electron chi connectivity index (χ1n) is 8.52. The molecule has 136 valence electrons. The highest BCUT2D eigenvalue weighted by atomic mass is 35.5. The van der Waals surface area contributed by atoms with E-state index in [-0.39, 0.29) is 5.91 Å². The van der Waals surface area contributed by atoms with Crippen LogP contribution in [0.1, 0.15) is 29.3 Å². The molecule has 0 atom stereocenters. The molecule has 0 fully saturated rings. The fraction of sp³-hybridized carbons (Fsp3) is 0.0909. The van der Waals surface area contributed by atoms with Gasteiger partial charge in [-0.3, -0.25) is 9.36 Å². The van der Waals surface area contributed by atoms with Gasteiger partial charge in [0.1, 0.15) is 0 Å². The molecule has 0 amide bonds. The zero-order valence-electron chi connectivity index (χ0n) is 14.7. The first kappa shape index (κ1) is 18.7. The van der Waals surface area contributed by atoms with E-state index in [9.17, 15) is 9.59 Å². The molecule has 0 radical (unpaired) electrons. The van der Waals surface area contributed by atoms with Crippen LogP contribution in [0.3, 0.4) is 0 Å². The van der Waals surface area contributed by atoms with Crippen LogP contribution in [-0.4, -0.2) is 21.6 Å². The fourth-order valence-corrected chi connectivity index (χ4v) is 2.97. The summed E-state index contributed by atoms with van der Waals surface area (Å²) in [5.41, 5.74) is 2.49. The zero-order chi connectivity index (χ0) is 19.4. The third kappa shape index (κ3) is 4.01. The Morgan fingerprint density at radius 3 is 2.48 bits per heavy atom. The first-order valence-corrected chi connectivity index (χ1v) is 8.90. The van der Waals surface area contributed by atoms with E-state index in [1.165, 1.54) is 0 Å². The molecule has 0 unspecified atom stereocenters. The van der Waals surface area contributed by atoms with E-state index in [1.807, 2.05) is 30.3 Å². The molecule has 0 aliphatic carbocycles. The van der Waals surface area contributed by atoms with Crippen molar-refractivity contribution in [2.45, 2.75) is 13.3 Å². The van der Waals surface area contributed by atoms with Crippen LogP contribution in [0.2, 0.25) is 5.02 Å². The van der Waals surface area contributed by atoms with Crippen LogP contribution >= 0.6 is 11.6 Å². The maximum atomic E-state index is 12.9. The predicted molar refractivity (Wildman–Crippen MR) is 108 cm³/mol. The van der Waals surface area contributed by atoms with Gasteiger partial charge in [-0.25, -0.2) is 4.79 Å². The average Bonchev–Trinajstić information content (AvgIpc) is 3.04. The van der Waals surface area contributed by atoms with Gasteiger partial charge in [0.15, 0.2) is 0 Å². The van der Waals surface area contributed by atoms with E-state index in [0.717, 1.165) is 16.5 Å². The molecule has 2 aromatic carbocycles. The van der Waals surface area contributed by atoms with Gasteiger partial charge in [-0.15, -0.1) is 0 Å². The summed E-state index contributed by atoms with van der Waals surface area (Å²) < 4.78 is 1.60. The quantitative estimate of drug-likeness (QED) is 0.475. The molecular formula is C22H18ClNO3. The normalized spacial score (nSPS) is 12.0. The number of para-hydroxylation sites is 1. The molecule has 0 saturated heterocycles. The largest absolute Gasteiger partial charge is 0.478 e.